The number of benzene rings is 3. The number of rotatable bonds is 7. The van der Waals surface area contributed by atoms with Gasteiger partial charge in [-0.3, -0.25) is 9.59 Å². The summed E-state index contributed by atoms with van der Waals surface area (Å²) in [5.41, 5.74) is 3.50. The Morgan fingerprint density at radius 3 is 2.03 bits per heavy atom. The number of Topliss-reactive ketones (excluding diaryl/α,β-unsaturated/α-hetero) is 2. The van der Waals surface area contributed by atoms with Crippen LogP contribution >= 0.6 is 0 Å². The van der Waals surface area contributed by atoms with Gasteiger partial charge >= 0.3 is 0 Å². The molecule has 0 saturated carbocycles. The first-order valence-corrected chi connectivity index (χ1v) is 11.6. The Kier molecular flexibility index (Phi) is 5.52. The number of carbonyl (C=O) groups excluding carboxylic acids is 2. The molecule has 0 spiro atoms. The second-order valence-corrected chi connectivity index (χ2v) is 8.71. The van der Waals surface area contributed by atoms with Gasteiger partial charge in [-0.25, -0.2) is 0 Å². The van der Waals surface area contributed by atoms with Crippen molar-refractivity contribution in [3.05, 3.63) is 94.8 Å². The van der Waals surface area contributed by atoms with Gasteiger partial charge in [-0.05, 0) is 29.2 Å². The third kappa shape index (κ3) is 3.60. The topological polar surface area (TPSA) is 40.6 Å². The molecule has 162 valence electrons. The van der Waals surface area contributed by atoms with Gasteiger partial charge in [-0.2, -0.15) is 0 Å². The number of nitrogens with zero attached hydrogens (tertiary/aromatic N) is 2. The van der Waals surface area contributed by atoms with Crippen LogP contribution in [0.5, 0.6) is 0 Å². The smallest absolute Gasteiger partial charge is 0.212 e. The first-order valence-electron chi connectivity index (χ1n) is 11.6. The summed E-state index contributed by atoms with van der Waals surface area (Å²) in [5.74, 6) is -0.0355. The van der Waals surface area contributed by atoms with Crippen LogP contribution in [0.15, 0.2) is 78.1 Å². The molecule has 0 fully saturated rings. The minimum absolute atomic E-state index is 0.0140. The Hall–Kier alpha value is -3.40. The minimum Gasteiger partial charge on any atom is -0.349 e. The van der Waals surface area contributed by atoms with Gasteiger partial charge in [0.25, 0.3) is 0 Å². The number of hydrogen-bond acceptors (Lipinski definition) is 4. The van der Waals surface area contributed by atoms with Crippen LogP contribution in [0.3, 0.4) is 0 Å². The van der Waals surface area contributed by atoms with E-state index < -0.39 is 0 Å². The Bertz CT molecular complexity index is 1230. The van der Waals surface area contributed by atoms with Crippen LogP contribution in [-0.4, -0.2) is 41.1 Å². The second-order valence-electron chi connectivity index (χ2n) is 8.71. The third-order valence-corrected chi connectivity index (χ3v) is 6.56. The minimum atomic E-state index is -0.0216. The number of hydrogen-bond donors (Lipinski definition) is 0. The van der Waals surface area contributed by atoms with E-state index in [0.29, 0.717) is 35.7 Å². The lowest BCUT2D eigenvalue weighted by molar-refractivity contribution is 0.0950. The summed E-state index contributed by atoms with van der Waals surface area (Å²) in [7, 11) is 0. The second kappa shape index (κ2) is 8.62. The lowest BCUT2D eigenvalue weighted by atomic mass is 9.90. The molecule has 4 nitrogen and oxygen atoms in total. The lowest BCUT2D eigenvalue weighted by Crippen LogP contribution is -2.31. The molecular weight excluding hydrogens is 396 g/mol. The highest BCUT2D eigenvalue weighted by Gasteiger charge is 2.42. The summed E-state index contributed by atoms with van der Waals surface area (Å²) in [4.78, 5) is 31.1. The molecule has 0 radical (unpaired) electrons. The molecule has 32 heavy (non-hydrogen) atoms. The Balaban J connectivity index is 1.43. The maximum absolute atomic E-state index is 13.4. The number of carbonyl (C=O) groups is 2. The van der Waals surface area contributed by atoms with E-state index >= 15 is 0 Å². The SMILES string of the molecule is CCCCCN1CN(CCc2ccc3ccccc3c2)C2=C1C(=O)c1ccccc1C2=O. The van der Waals surface area contributed by atoms with Gasteiger partial charge in [0.15, 0.2) is 0 Å². The van der Waals surface area contributed by atoms with Crippen LogP contribution in [0.4, 0.5) is 0 Å². The highest BCUT2D eigenvalue weighted by molar-refractivity contribution is 6.26. The molecule has 1 aliphatic heterocycles. The fourth-order valence-electron chi connectivity index (χ4n) is 4.86. The van der Waals surface area contributed by atoms with Crippen molar-refractivity contribution in [3.63, 3.8) is 0 Å². The number of unbranched alkanes of at least 4 members (excludes halogenated alkanes) is 2. The van der Waals surface area contributed by atoms with E-state index in [1.165, 1.54) is 16.3 Å². The monoisotopic (exact) mass is 424 g/mol. The van der Waals surface area contributed by atoms with Crippen molar-refractivity contribution in [3.8, 4) is 0 Å². The van der Waals surface area contributed by atoms with Gasteiger partial charge in [0, 0.05) is 24.2 Å². The van der Waals surface area contributed by atoms with Crippen molar-refractivity contribution in [2.45, 2.75) is 32.6 Å². The molecule has 1 heterocycles. The van der Waals surface area contributed by atoms with Crippen LogP contribution in [0, 0.1) is 0 Å². The highest BCUT2D eigenvalue weighted by Crippen LogP contribution is 2.35. The number of fused-ring (bicyclic) bond motifs is 2. The zero-order valence-corrected chi connectivity index (χ0v) is 18.5. The van der Waals surface area contributed by atoms with Crippen LogP contribution in [0.25, 0.3) is 10.8 Å². The van der Waals surface area contributed by atoms with E-state index in [0.717, 1.165) is 32.2 Å². The first kappa shape index (κ1) is 20.5. The van der Waals surface area contributed by atoms with Crippen molar-refractivity contribution in [2.75, 3.05) is 19.8 Å². The average Bonchev–Trinajstić information content (AvgIpc) is 3.20. The van der Waals surface area contributed by atoms with E-state index in [1.54, 1.807) is 12.1 Å². The van der Waals surface area contributed by atoms with Crippen molar-refractivity contribution >= 4 is 22.3 Å². The predicted octanol–water partition coefficient (Wildman–Crippen LogP) is 5.44. The maximum Gasteiger partial charge on any atom is 0.212 e. The molecule has 4 heteroatoms. The molecule has 0 aromatic heterocycles. The molecule has 0 atom stereocenters. The van der Waals surface area contributed by atoms with Crippen molar-refractivity contribution in [2.24, 2.45) is 0 Å². The molecule has 0 bridgehead atoms. The fraction of sp³-hybridized carbons (Fsp3) is 0.286. The van der Waals surface area contributed by atoms with Gasteiger partial charge in [-0.1, -0.05) is 86.5 Å². The summed E-state index contributed by atoms with van der Waals surface area (Å²) in [6.07, 6.45) is 4.10. The summed E-state index contributed by atoms with van der Waals surface area (Å²) < 4.78 is 0. The summed E-state index contributed by atoms with van der Waals surface area (Å²) >= 11 is 0. The van der Waals surface area contributed by atoms with Crippen LogP contribution in [-0.2, 0) is 6.42 Å². The van der Waals surface area contributed by atoms with Gasteiger partial charge < -0.3 is 9.80 Å². The normalized spacial score (nSPS) is 15.5. The van der Waals surface area contributed by atoms with Crippen molar-refractivity contribution in [1.29, 1.82) is 0 Å². The molecule has 1 aliphatic carbocycles. The molecule has 5 rings (SSSR count). The van der Waals surface area contributed by atoms with Gasteiger partial charge in [0.1, 0.15) is 11.4 Å². The molecular formula is C28H28N2O2. The largest absolute Gasteiger partial charge is 0.349 e. The molecule has 0 amide bonds. The number of ketones is 2. The van der Waals surface area contributed by atoms with E-state index in [9.17, 15) is 9.59 Å². The quantitative estimate of drug-likeness (QED) is 0.474. The Morgan fingerprint density at radius 2 is 1.34 bits per heavy atom. The molecule has 2 aliphatic rings. The van der Waals surface area contributed by atoms with E-state index in [-0.39, 0.29) is 11.6 Å². The zero-order chi connectivity index (χ0) is 22.1. The molecule has 0 N–H and O–H groups in total. The summed E-state index contributed by atoms with van der Waals surface area (Å²) in [6, 6.07) is 22.1. The van der Waals surface area contributed by atoms with Crippen LogP contribution < -0.4 is 0 Å². The third-order valence-electron chi connectivity index (χ3n) is 6.56. The van der Waals surface area contributed by atoms with Crippen LogP contribution in [0.1, 0.15) is 52.5 Å². The first-order chi connectivity index (χ1) is 15.7. The molecule has 3 aromatic rings. The highest BCUT2D eigenvalue weighted by atomic mass is 16.1. The zero-order valence-electron chi connectivity index (χ0n) is 18.5. The average molecular weight is 425 g/mol. The van der Waals surface area contributed by atoms with Crippen molar-refractivity contribution < 1.29 is 9.59 Å². The predicted molar refractivity (Wildman–Crippen MR) is 128 cm³/mol. The summed E-state index contributed by atoms with van der Waals surface area (Å²) in [5, 5.41) is 2.46. The fourth-order valence-corrected chi connectivity index (χ4v) is 4.86. The van der Waals surface area contributed by atoms with Crippen molar-refractivity contribution in [1.82, 2.24) is 9.80 Å². The van der Waals surface area contributed by atoms with E-state index in [4.69, 9.17) is 0 Å². The van der Waals surface area contributed by atoms with E-state index in [2.05, 4.69) is 59.2 Å². The van der Waals surface area contributed by atoms with Gasteiger partial charge in [-0.15, -0.1) is 0 Å². The number of allylic oxidation sites excluding steroid dienone is 2. The Morgan fingerprint density at radius 1 is 0.719 bits per heavy atom. The standard InChI is InChI=1S/C28H28N2O2/c1-2-3-8-16-29-19-30(17-15-20-13-14-21-9-4-5-10-22(21)18-20)26-25(29)27(31)23-11-6-7-12-24(23)28(26)32/h4-7,9-14,18H,2-3,8,15-17,19H2,1H3. The Labute approximate surface area is 189 Å². The summed E-state index contributed by atoms with van der Waals surface area (Å²) in [6.45, 7) is 4.30. The molecule has 3 aromatic carbocycles. The molecule has 0 unspecified atom stereocenters. The lowest BCUT2D eigenvalue weighted by Gasteiger charge is -2.23. The van der Waals surface area contributed by atoms with E-state index in [1.807, 2.05) is 12.1 Å². The molecule has 0 saturated heterocycles. The van der Waals surface area contributed by atoms with Gasteiger partial charge in [0.2, 0.25) is 11.6 Å². The van der Waals surface area contributed by atoms with Crippen LogP contribution in [0.2, 0.25) is 0 Å². The van der Waals surface area contributed by atoms with Gasteiger partial charge in [0.05, 0.1) is 6.67 Å². The maximum atomic E-state index is 13.4.